The largest absolute Gasteiger partial charge is 0.370 e. The Labute approximate surface area is 104 Å². The first kappa shape index (κ1) is 10.8. The van der Waals surface area contributed by atoms with Crippen LogP contribution in [0.3, 0.4) is 0 Å². The molecule has 2 heterocycles. The number of epoxide rings is 2. The number of hydrogen-bond acceptors (Lipinski definition) is 2. The molecule has 0 bridgehead atoms. The minimum atomic E-state index is 0.494. The molecule has 0 N–H and O–H groups in total. The summed E-state index contributed by atoms with van der Waals surface area (Å²) < 4.78 is 11.4. The van der Waals surface area contributed by atoms with Crippen LogP contribution < -0.4 is 0 Å². The average molecular weight is 236 g/mol. The highest BCUT2D eigenvalue weighted by Crippen LogP contribution is 2.54. The van der Waals surface area contributed by atoms with Crippen LogP contribution >= 0.6 is 0 Å². The Balaban J connectivity index is 1.45. The minimum absolute atomic E-state index is 0.494. The van der Waals surface area contributed by atoms with Crippen LogP contribution in [-0.2, 0) is 9.47 Å². The number of fused-ring (bicyclic) bond motifs is 2. The summed E-state index contributed by atoms with van der Waals surface area (Å²) in [6.07, 6.45) is 10.6. The summed E-state index contributed by atoms with van der Waals surface area (Å²) in [5, 5.41) is 0. The van der Waals surface area contributed by atoms with Crippen molar-refractivity contribution in [2.24, 2.45) is 17.3 Å². The predicted molar refractivity (Wildman–Crippen MR) is 65.8 cm³/mol. The Hall–Kier alpha value is -0.0800. The molecule has 0 aromatic carbocycles. The van der Waals surface area contributed by atoms with Gasteiger partial charge in [-0.25, -0.2) is 0 Å². The molecule has 0 radical (unpaired) electrons. The number of rotatable bonds is 2. The molecule has 17 heavy (non-hydrogen) atoms. The molecular formula is C15H24O2. The Kier molecular flexibility index (Phi) is 2.21. The summed E-state index contributed by atoms with van der Waals surface area (Å²) in [6, 6.07) is 0. The zero-order valence-electron chi connectivity index (χ0n) is 11.0. The quantitative estimate of drug-likeness (QED) is 0.688. The Bertz CT molecular complexity index is 295. The highest BCUT2D eigenvalue weighted by atomic mass is 16.6. The molecule has 2 nitrogen and oxygen atoms in total. The first-order valence-corrected chi connectivity index (χ1v) is 7.45. The molecule has 4 rings (SSSR count). The van der Waals surface area contributed by atoms with Gasteiger partial charge in [0.15, 0.2) is 0 Å². The molecular weight excluding hydrogens is 212 g/mol. The van der Waals surface area contributed by atoms with Gasteiger partial charge in [-0.3, -0.25) is 0 Å². The summed E-state index contributed by atoms with van der Waals surface area (Å²) in [5.74, 6) is 1.76. The van der Waals surface area contributed by atoms with E-state index in [4.69, 9.17) is 9.47 Å². The average Bonchev–Trinajstić information content (AvgIpc) is 3.21. The van der Waals surface area contributed by atoms with Gasteiger partial charge in [0, 0.05) is 0 Å². The van der Waals surface area contributed by atoms with Gasteiger partial charge in [-0.05, 0) is 55.8 Å². The Morgan fingerprint density at radius 1 is 0.706 bits per heavy atom. The van der Waals surface area contributed by atoms with Crippen molar-refractivity contribution >= 4 is 0 Å². The fourth-order valence-electron chi connectivity index (χ4n) is 4.49. The van der Waals surface area contributed by atoms with E-state index in [2.05, 4.69) is 13.8 Å². The van der Waals surface area contributed by atoms with Crippen molar-refractivity contribution < 1.29 is 9.47 Å². The van der Waals surface area contributed by atoms with E-state index >= 15 is 0 Å². The molecule has 0 aromatic heterocycles. The molecule has 0 unspecified atom stereocenters. The third-order valence-electron chi connectivity index (χ3n) is 6.11. The van der Waals surface area contributed by atoms with Crippen molar-refractivity contribution in [3.05, 3.63) is 0 Å². The lowest BCUT2D eigenvalue weighted by Gasteiger charge is -2.43. The Morgan fingerprint density at radius 2 is 1.18 bits per heavy atom. The van der Waals surface area contributed by atoms with E-state index < -0.39 is 0 Å². The van der Waals surface area contributed by atoms with Crippen LogP contribution in [0, 0.1) is 17.3 Å². The molecule has 2 saturated carbocycles. The van der Waals surface area contributed by atoms with Crippen LogP contribution in [0.15, 0.2) is 0 Å². The van der Waals surface area contributed by atoms with Gasteiger partial charge in [-0.1, -0.05) is 13.8 Å². The second-order valence-electron chi connectivity index (χ2n) is 7.27. The van der Waals surface area contributed by atoms with Gasteiger partial charge < -0.3 is 9.47 Å². The first-order valence-electron chi connectivity index (χ1n) is 7.45. The standard InChI is InChI=1S/C15H24O2/c1-15(2,9-3-5-11-13(7-9)16-11)10-4-6-12-14(8-10)17-12/h9-14H,3-8H2,1-2H3/t9-,10-,11+,12+,13-,14-/m1/s1. The van der Waals surface area contributed by atoms with E-state index in [9.17, 15) is 0 Å². The topological polar surface area (TPSA) is 25.1 Å². The second-order valence-corrected chi connectivity index (χ2v) is 7.27. The summed E-state index contributed by atoms with van der Waals surface area (Å²) in [4.78, 5) is 0. The van der Waals surface area contributed by atoms with Crippen molar-refractivity contribution in [1.82, 2.24) is 0 Å². The van der Waals surface area contributed by atoms with Crippen molar-refractivity contribution in [1.29, 1.82) is 0 Å². The maximum absolute atomic E-state index is 5.70. The molecule has 2 heteroatoms. The first-order chi connectivity index (χ1) is 8.14. The highest BCUT2D eigenvalue weighted by molar-refractivity contribution is 5.01. The molecule has 0 spiro atoms. The molecule has 2 saturated heterocycles. The van der Waals surface area contributed by atoms with E-state index in [1.54, 1.807) is 0 Å². The van der Waals surface area contributed by atoms with Crippen molar-refractivity contribution in [3.63, 3.8) is 0 Å². The molecule has 2 aliphatic carbocycles. The third-order valence-corrected chi connectivity index (χ3v) is 6.11. The van der Waals surface area contributed by atoms with E-state index in [1.165, 1.54) is 38.5 Å². The van der Waals surface area contributed by atoms with Gasteiger partial charge in [0.25, 0.3) is 0 Å². The lowest BCUT2D eigenvalue weighted by molar-refractivity contribution is 0.0678. The molecule has 0 aromatic rings. The van der Waals surface area contributed by atoms with Gasteiger partial charge in [-0.15, -0.1) is 0 Å². The second kappa shape index (κ2) is 3.48. The van der Waals surface area contributed by atoms with E-state index in [-0.39, 0.29) is 0 Å². The molecule has 4 aliphatic rings. The van der Waals surface area contributed by atoms with Gasteiger partial charge >= 0.3 is 0 Å². The fraction of sp³-hybridized carbons (Fsp3) is 1.00. The molecule has 96 valence electrons. The minimum Gasteiger partial charge on any atom is -0.370 e. The molecule has 0 amide bonds. The normalized spacial score (nSPS) is 52.6. The number of ether oxygens (including phenoxy) is 2. The van der Waals surface area contributed by atoms with E-state index in [0.717, 1.165) is 11.8 Å². The van der Waals surface area contributed by atoms with Crippen LogP contribution in [0.1, 0.15) is 52.4 Å². The summed E-state index contributed by atoms with van der Waals surface area (Å²) in [6.45, 7) is 5.02. The van der Waals surface area contributed by atoms with Crippen LogP contribution in [0.2, 0.25) is 0 Å². The lowest BCUT2D eigenvalue weighted by atomic mass is 9.61. The monoisotopic (exact) mass is 236 g/mol. The maximum Gasteiger partial charge on any atom is 0.0844 e. The zero-order chi connectivity index (χ0) is 11.6. The van der Waals surface area contributed by atoms with Crippen molar-refractivity contribution in [2.75, 3.05) is 0 Å². The zero-order valence-corrected chi connectivity index (χ0v) is 11.0. The molecule has 6 atom stereocenters. The summed E-state index contributed by atoms with van der Waals surface area (Å²) >= 11 is 0. The SMILES string of the molecule is CC(C)([C@@H]1CC[C@@H]2O[C@@H]2C1)[C@@H]1CC[C@@H]2O[C@@H]2C1. The predicted octanol–water partition coefficient (Wildman–Crippen LogP) is 3.15. The van der Waals surface area contributed by atoms with Crippen LogP contribution in [0.4, 0.5) is 0 Å². The maximum atomic E-state index is 5.70. The van der Waals surface area contributed by atoms with Crippen molar-refractivity contribution in [2.45, 2.75) is 76.8 Å². The van der Waals surface area contributed by atoms with Gasteiger partial charge in [0.2, 0.25) is 0 Å². The van der Waals surface area contributed by atoms with Crippen LogP contribution in [-0.4, -0.2) is 24.4 Å². The van der Waals surface area contributed by atoms with Crippen molar-refractivity contribution in [3.8, 4) is 0 Å². The Morgan fingerprint density at radius 3 is 1.59 bits per heavy atom. The summed E-state index contributed by atoms with van der Waals surface area (Å²) in [5.41, 5.74) is 0.494. The van der Waals surface area contributed by atoms with Crippen LogP contribution in [0.5, 0.6) is 0 Å². The van der Waals surface area contributed by atoms with E-state index in [0.29, 0.717) is 29.8 Å². The molecule has 4 fully saturated rings. The third kappa shape index (κ3) is 1.76. The van der Waals surface area contributed by atoms with Gasteiger partial charge in [-0.2, -0.15) is 0 Å². The van der Waals surface area contributed by atoms with E-state index in [1.807, 2.05) is 0 Å². The van der Waals surface area contributed by atoms with Crippen LogP contribution in [0.25, 0.3) is 0 Å². The summed E-state index contributed by atoms with van der Waals surface area (Å²) in [7, 11) is 0. The van der Waals surface area contributed by atoms with Gasteiger partial charge in [0.1, 0.15) is 0 Å². The lowest BCUT2D eigenvalue weighted by Crippen LogP contribution is -2.37. The highest BCUT2D eigenvalue weighted by Gasteiger charge is 2.52. The molecule has 2 aliphatic heterocycles. The number of hydrogen-bond donors (Lipinski definition) is 0. The smallest absolute Gasteiger partial charge is 0.0844 e. The van der Waals surface area contributed by atoms with Gasteiger partial charge in [0.05, 0.1) is 24.4 Å². The fourth-order valence-corrected chi connectivity index (χ4v) is 4.49.